The van der Waals surface area contributed by atoms with Gasteiger partial charge in [-0.3, -0.25) is 0 Å². The van der Waals surface area contributed by atoms with Crippen LogP contribution in [0.25, 0.3) is 17.0 Å². The summed E-state index contributed by atoms with van der Waals surface area (Å²) in [5.41, 5.74) is 4.28. The Morgan fingerprint density at radius 3 is 2.66 bits per heavy atom. The van der Waals surface area contributed by atoms with Gasteiger partial charge in [0.2, 0.25) is 5.88 Å². The third-order valence-corrected chi connectivity index (χ3v) is 6.95. The van der Waals surface area contributed by atoms with Crippen LogP contribution in [0.3, 0.4) is 0 Å². The van der Waals surface area contributed by atoms with Gasteiger partial charge in [0.15, 0.2) is 5.65 Å². The molecule has 168 valence electrons. The molecule has 8 nitrogen and oxygen atoms in total. The third kappa shape index (κ3) is 3.65. The van der Waals surface area contributed by atoms with Crippen molar-refractivity contribution >= 4 is 17.3 Å². The lowest BCUT2D eigenvalue weighted by Crippen LogP contribution is -2.25. The Bertz CT molecular complexity index is 1130. The summed E-state index contributed by atoms with van der Waals surface area (Å²) in [5.74, 6) is 2.75. The van der Waals surface area contributed by atoms with Crippen LogP contribution in [-0.2, 0) is 6.42 Å². The van der Waals surface area contributed by atoms with Gasteiger partial charge >= 0.3 is 0 Å². The lowest BCUT2D eigenvalue weighted by atomic mass is 9.95. The molecule has 6 rings (SSSR count). The Labute approximate surface area is 188 Å². The molecular weight excluding hydrogens is 402 g/mol. The molecule has 1 N–H and O–H groups in total. The number of anilines is 2. The van der Waals surface area contributed by atoms with E-state index in [1.807, 2.05) is 11.4 Å². The number of hydrogen-bond acceptors (Lipinski definition) is 7. The van der Waals surface area contributed by atoms with E-state index in [0.717, 1.165) is 66.0 Å². The Kier molecular flexibility index (Phi) is 5.08. The standard InChI is InChI=1S/C24H31N7O/c1-16-23(27-18-10-7-13-32-24(18)25-16)19-14-21-28-20(30-11-5-6-12-30)15-22(31(21)29-19)26-17-8-3-2-4-9-17/h14-15,17,26H,2-13H2,1H3. The fourth-order valence-electron chi connectivity index (χ4n) is 5.21. The zero-order chi connectivity index (χ0) is 21.5. The molecule has 0 radical (unpaired) electrons. The van der Waals surface area contributed by atoms with E-state index in [1.165, 1.54) is 44.9 Å². The average Bonchev–Trinajstić information content (AvgIpc) is 3.49. The van der Waals surface area contributed by atoms with E-state index in [0.29, 0.717) is 18.5 Å². The highest BCUT2D eigenvalue weighted by atomic mass is 16.5. The second-order valence-electron chi connectivity index (χ2n) is 9.33. The quantitative estimate of drug-likeness (QED) is 0.661. The van der Waals surface area contributed by atoms with E-state index < -0.39 is 0 Å². The highest BCUT2D eigenvalue weighted by Gasteiger charge is 2.22. The molecule has 1 saturated heterocycles. The van der Waals surface area contributed by atoms with Gasteiger partial charge in [-0.05, 0) is 45.4 Å². The largest absolute Gasteiger partial charge is 0.476 e. The van der Waals surface area contributed by atoms with Crippen molar-refractivity contribution in [2.24, 2.45) is 0 Å². The van der Waals surface area contributed by atoms with Gasteiger partial charge < -0.3 is 15.0 Å². The molecule has 1 aliphatic carbocycles. The number of nitrogens with zero attached hydrogens (tertiary/aromatic N) is 6. The SMILES string of the molecule is Cc1nc2c(nc1-c1cc3nc(N4CCCC4)cc(NC4CCCCC4)n3n1)CCCO2. The maximum Gasteiger partial charge on any atom is 0.235 e. The molecule has 5 heterocycles. The zero-order valence-electron chi connectivity index (χ0n) is 18.8. The van der Waals surface area contributed by atoms with Crippen molar-refractivity contribution in [2.75, 3.05) is 29.9 Å². The molecule has 3 aromatic rings. The van der Waals surface area contributed by atoms with Gasteiger partial charge in [-0.15, -0.1) is 0 Å². The molecule has 2 aliphatic heterocycles. The summed E-state index contributed by atoms with van der Waals surface area (Å²) in [4.78, 5) is 17.0. The number of hydrogen-bond donors (Lipinski definition) is 1. The average molecular weight is 434 g/mol. The van der Waals surface area contributed by atoms with Crippen LogP contribution >= 0.6 is 0 Å². The lowest BCUT2D eigenvalue weighted by Gasteiger charge is -2.25. The molecule has 8 heteroatoms. The van der Waals surface area contributed by atoms with Crippen molar-refractivity contribution in [1.82, 2.24) is 24.6 Å². The Balaban J connectivity index is 1.43. The topological polar surface area (TPSA) is 80.5 Å². The fourth-order valence-corrected chi connectivity index (χ4v) is 5.21. The minimum atomic E-state index is 0.496. The number of aromatic nitrogens is 5. The van der Waals surface area contributed by atoms with Gasteiger partial charge in [0.25, 0.3) is 0 Å². The van der Waals surface area contributed by atoms with Gasteiger partial charge in [-0.25, -0.2) is 15.0 Å². The van der Waals surface area contributed by atoms with Gasteiger partial charge in [-0.1, -0.05) is 19.3 Å². The summed E-state index contributed by atoms with van der Waals surface area (Å²) in [5, 5.41) is 8.75. The predicted molar refractivity (Wildman–Crippen MR) is 125 cm³/mol. The van der Waals surface area contributed by atoms with Gasteiger partial charge in [0, 0.05) is 31.3 Å². The van der Waals surface area contributed by atoms with Crippen LogP contribution in [0.1, 0.15) is 62.8 Å². The molecule has 0 unspecified atom stereocenters. The fraction of sp³-hybridized carbons (Fsp3) is 0.583. The molecule has 0 aromatic carbocycles. The summed E-state index contributed by atoms with van der Waals surface area (Å²) >= 11 is 0. The minimum absolute atomic E-state index is 0.496. The smallest absolute Gasteiger partial charge is 0.235 e. The van der Waals surface area contributed by atoms with Crippen LogP contribution in [0, 0.1) is 6.92 Å². The van der Waals surface area contributed by atoms with Crippen LogP contribution in [0.4, 0.5) is 11.6 Å². The second-order valence-corrected chi connectivity index (χ2v) is 9.33. The van der Waals surface area contributed by atoms with E-state index in [9.17, 15) is 0 Å². The Morgan fingerprint density at radius 1 is 0.969 bits per heavy atom. The van der Waals surface area contributed by atoms with E-state index in [2.05, 4.69) is 27.3 Å². The second kappa shape index (κ2) is 8.22. The number of fused-ring (bicyclic) bond motifs is 2. The molecule has 3 aromatic heterocycles. The number of rotatable bonds is 4. The molecule has 32 heavy (non-hydrogen) atoms. The minimum Gasteiger partial charge on any atom is -0.476 e. The first kappa shape index (κ1) is 19.8. The Morgan fingerprint density at radius 2 is 1.81 bits per heavy atom. The van der Waals surface area contributed by atoms with Crippen molar-refractivity contribution in [1.29, 1.82) is 0 Å². The first-order valence-electron chi connectivity index (χ1n) is 12.2. The van der Waals surface area contributed by atoms with Gasteiger partial charge in [-0.2, -0.15) is 9.61 Å². The van der Waals surface area contributed by atoms with Crippen LogP contribution in [-0.4, -0.2) is 50.3 Å². The van der Waals surface area contributed by atoms with E-state index in [-0.39, 0.29) is 0 Å². The van der Waals surface area contributed by atoms with Crippen LogP contribution < -0.4 is 15.0 Å². The lowest BCUT2D eigenvalue weighted by molar-refractivity contribution is 0.272. The molecular formula is C24H31N7O. The van der Waals surface area contributed by atoms with E-state index >= 15 is 0 Å². The summed E-state index contributed by atoms with van der Waals surface area (Å²) < 4.78 is 7.66. The number of ether oxygens (including phenoxy) is 1. The van der Waals surface area contributed by atoms with Crippen molar-refractivity contribution in [2.45, 2.75) is 70.8 Å². The summed E-state index contributed by atoms with van der Waals surface area (Å²) in [7, 11) is 0. The number of nitrogens with one attached hydrogen (secondary N) is 1. The maximum atomic E-state index is 5.70. The normalized spacial score (nSPS) is 19.2. The first-order chi connectivity index (χ1) is 15.7. The number of aryl methyl sites for hydroxylation is 2. The van der Waals surface area contributed by atoms with E-state index in [4.69, 9.17) is 19.8 Å². The summed E-state index contributed by atoms with van der Waals surface area (Å²) in [6, 6.07) is 4.73. The monoisotopic (exact) mass is 433 g/mol. The highest BCUT2D eigenvalue weighted by Crippen LogP contribution is 2.30. The van der Waals surface area contributed by atoms with Crippen molar-refractivity contribution in [3.63, 3.8) is 0 Å². The highest BCUT2D eigenvalue weighted by molar-refractivity contribution is 5.67. The van der Waals surface area contributed by atoms with Gasteiger partial charge in [0.05, 0.1) is 12.3 Å². The molecule has 1 saturated carbocycles. The van der Waals surface area contributed by atoms with Crippen LogP contribution in [0.2, 0.25) is 0 Å². The third-order valence-electron chi connectivity index (χ3n) is 6.95. The maximum absolute atomic E-state index is 5.70. The molecule has 3 aliphatic rings. The first-order valence-corrected chi connectivity index (χ1v) is 12.2. The molecule has 0 bridgehead atoms. The Hall–Kier alpha value is -2.90. The van der Waals surface area contributed by atoms with Crippen molar-refractivity contribution in [3.8, 4) is 17.3 Å². The molecule has 2 fully saturated rings. The summed E-state index contributed by atoms with van der Waals surface area (Å²) in [6.07, 6.45) is 10.7. The summed E-state index contributed by atoms with van der Waals surface area (Å²) in [6.45, 7) is 4.84. The van der Waals surface area contributed by atoms with Gasteiger partial charge in [0.1, 0.15) is 28.7 Å². The molecule has 0 atom stereocenters. The van der Waals surface area contributed by atoms with Crippen LogP contribution in [0.15, 0.2) is 12.1 Å². The predicted octanol–water partition coefficient (Wildman–Crippen LogP) is 4.16. The molecule has 0 amide bonds. The van der Waals surface area contributed by atoms with Crippen molar-refractivity contribution in [3.05, 3.63) is 23.5 Å². The van der Waals surface area contributed by atoms with Crippen LogP contribution in [0.5, 0.6) is 5.88 Å². The van der Waals surface area contributed by atoms with Crippen molar-refractivity contribution < 1.29 is 4.74 Å². The van der Waals surface area contributed by atoms with E-state index in [1.54, 1.807) is 0 Å². The zero-order valence-corrected chi connectivity index (χ0v) is 18.8. The molecule has 0 spiro atoms.